The van der Waals surface area contributed by atoms with Crippen LogP contribution in [-0.4, -0.2) is 98.3 Å². The highest BCUT2D eigenvalue weighted by molar-refractivity contribution is 7.47. The van der Waals surface area contributed by atoms with Gasteiger partial charge in [-0.1, -0.05) is 177 Å². The Morgan fingerprint density at radius 1 is 0.478 bits per heavy atom. The third-order valence-electron chi connectivity index (χ3n) is 11.8. The van der Waals surface area contributed by atoms with Crippen LogP contribution in [0.3, 0.4) is 0 Å². The third kappa shape index (κ3) is 34.5. The lowest BCUT2D eigenvalue weighted by atomic mass is 9.85. The van der Waals surface area contributed by atoms with E-state index in [9.17, 15) is 44.6 Å². The first-order chi connectivity index (χ1) is 32.4. The number of carbonyl (C=O) groups is 2. The van der Waals surface area contributed by atoms with Gasteiger partial charge in [0.1, 0.15) is 43.2 Å². The van der Waals surface area contributed by atoms with E-state index in [4.69, 9.17) is 18.5 Å². The molecule has 0 aromatic heterocycles. The monoisotopic (exact) mass is 969 g/mol. The van der Waals surface area contributed by atoms with E-state index in [0.29, 0.717) is 12.8 Å². The summed E-state index contributed by atoms with van der Waals surface area (Å²) in [6.07, 6.45) is 39.7. The number of unbranched alkanes of at least 4 members (excludes halogenated alkanes) is 21. The van der Waals surface area contributed by atoms with Crippen LogP contribution in [0.5, 0.6) is 0 Å². The summed E-state index contributed by atoms with van der Waals surface area (Å²) in [7, 11) is -5.13. The molecule has 0 radical (unpaired) electrons. The maximum absolute atomic E-state index is 12.9. The Kier molecular flexibility index (Phi) is 39.6. The molecule has 13 nitrogen and oxygen atoms in total. The van der Waals surface area contributed by atoms with Gasteiger partial charge in [-0.15, -0.1) is 0 Å². The summed E-state index contributed by atoms with van der Waals surface area (Å²) in [5.41, 5.74) is 0. The number of allylic oxidation sites excluding steroid dienone is 10. The van der Waals surface area contributed by atoms with Crippen molar-refractivity contribution in [2.75, 3.05) is 13.2 Å². The van der Waals surface area contributed by atoms with Gasteiger partial charge >= 0.3 is 19.8 Å². The van der Waals surface area contributed by atoms with E-state index in [1.807, 2.05) is 0 Å². The van der Waals surface area contributed by atoms with Crippen LogP contribution < -0.4 is 0 Å². The summed E-state index contributed by atoms with van der Waals surface area (Å²) < 4.78 is 33.6. The van der Waals surface area contributed by atoms with Gasteiger partial charge in [0, 0.05) is 12.8 Å². The number of hydrogen-bond acceptors (Lipinski definition) is 12. The van der Waals surface area contributed by atoms with Crippen LogP contribution in [0, 0.1) is 0 Å². The first-order valence-electron chi connectivity index (χ1n) is 26.1. The Morgan fingerprint density at radius 3 is 1.31 bits per heavy atom. The molecule has 0 heterocycles. The molecule has 0 saturated heterocycles. The van der Waals surface area contributed by atoms with Crippen LogP contribution in [0.1, 0.15) is 206 Å². The van der Waals surface area contributed by atoms with E-state index < -0.39 is 75.7 Å². The molecule has 1 rings (SSSR count). The molecular weight excluding hydrogens is 876 g/mol. The first-order valence-corrected chi connectivity index (χ1v) is 27.6. The zero-order valence-corrected chi connectivity index (χ0v) is 42.3. The highest BCUT2D eigenvalue weighted by atomic mass is 31.2. The van der Waals surface area contributed by atoms with E-state index >= 15 is 0 Å². The molecule has 1 aliphatic carbocycles. The number of esters is 2. The predicted octanol–water partition coefficient (Wildman–Crippen LogP) is 11.3. The van der Waals surface area contributed by atoms with E-state index in [1.54, 1.807) is 0 Å². The summed E-state index contributed by atoms with van der Waals surface area (Å²) in [6.45, 7) is 3.19. The topological polar surface area (TPSA) is 210 Å². The van der Waals surface area contributed by atoms with Crippen molar-refractivity contribution in [3.05, 3.63) is 60.8 Å². The largest absolute Gasteiger partial charge is 0.472 e. The van der Waals surface area contributed by atoms with Gasteiger partial charge < -0.3 is 39.9 Å². The lowest BCUT2D eigenvalue weighted by molar-refractivity contribution is -0.220. The van der Waals surface area contributed by atoms with Crippen LogP contribution in [-0.2, 0) is 32.7 Å². The van der Waals surface area contributed by atoms with Crippen molar-refractivity contribution in [1.29, 1.82) is 0 Å². The number of carbonyl (C=O) groups excluding carboxylic acids is 2. The first kappa shape index (κ1) is 62.6. The van der Waals surface area contributed by atoms with Gasteiger partial charge in [0.2, 0.25) is 0 Å². The molecule has 6 N–H and O–H groups in total. The number of ether oxygens (including phenoxy) is 2. The van der Waals surface area contributed by atoms with Crippen LogP contribution in [0.2, 0.25) is 0 Å². The van der Waals surface area contributed by atoms with Crippen molar-refractivity contribution in [1.82, 2.24) is 0 Å². The quantitative estimate of drug-likeness (QED) is 0.0146. The summed E-state index contributed by atoms with van der Waals surface area (Å²) >= 11 is 0. The maximum Gasteiger partial charge on any atom is 0.472 e. The Labute approximate surface area is 404 Å². The second-order valence-electron chi connectivity index (χ2n) is 18.0. The fourth-order valence-corrected chi connectivity index (χ4v) is 8.66. The number of aliphatic hydroxyl groups excluding tert-OH is 5. The van der Waals surface area contributed by atoms with Gasteiger partial charge in [0.05, 0.1) is 6.61 Å². The van der Waals surface area contributed by atoms with Gasteiger partial charge in [0.15, 0.2) is 6.10 Å². The molecule has 1 saturated carbocycles. The second-order valence-corrected chi connectivity index (χ2v) is 19.4. The number of aliphatic hydroxyl groups is 5. The predicted molar refractivity (Wildman–Crippen MR) is 267 cm³/mol. The molecule has 1 fully saturated rings. The van der Waals surface area contributed by atoms with Crippen molar-refractivity contribution >= 4 is 19.8 Å². The Balaban J connectivity index is 2.41. The molecule has 0 aromatic rings. The Morgan fingerprint density at radius 2 is 0.851 bits per heavy atom. The van der Waals surface area contributed by atoms with Crippen molar-refractivity contribution in [2.45, 2.75) is 249 Å². The van der Waals surface area contributed by atoms with Gasteiger partial charge in [0.25, 0.3) is 0 Å². The van der Waals surface area contributed by atoms with Crippen molar-refractivity contribution in [2.24, 2.45) is 0 Å². The van der Waals surface area contributed by atoms with Crippen molar-refractivity contribution < 1.29 is 63.1 Å². The van der Waals surface area contributed by atoms with E-state index in [1.165, 1.54) is 77.0 Å². The SMILES string of the molecule is CC/C=C\C/C=C\C/C=C\C/C=C\CCCCCCCCC(=O)OC(COC(=O)CCCCCCCCCCC/C=C\CCCCCCCC)COP(=O)(O)OC1C(O)C(O)C(O)C(O)C1O. The van der Waals surface area contributed by atoms with Crippen LogP contribution in [0.4, 0.5) is 0 Å². The Hall–Kier alpha value is -2.45. The number of rotatable bonds is 43. The van der Waals surface area contributed by atoms with Crippen LogP contribution in [0.25, 0.3) is 0 Å². The minimum absolute atomic E-state index is 0.0783. The lowest BCUT2D eigenvalue weighted by Gasteiger charge is -2.41. The second kappa shape index (κ2) is 42.4. The zero-order valence-electron chi connectivity index (χ0n) is 41.4. The summed E-state index contributed by atoms with van der Waals surface area (Å²) in [6, 6.07) is 0. The highest BCUT2D eigenvalue weighted by Crippen LogP contribution is 2.47. The molecule has 67 heavy (non-hydrogen) atoms. The molecule has 0 aromatic carbocycles. The van der Waals surface area contributed by atoms with Crippen LogP contribution in [0.15, 0.2) is 60.8 Å². The smallest absolute Gasteiger partial charge is 0.462 e. The molecule has 1 aliphatic rings. The minimum Gasteiger partial charge on any atom is -0.462 e. The minimum atomic E-state index is -5.13. The zero-order chi connectivity index (χ0) is 49.2. The Bertz CT molecular complexity index is 1400. The summed E-state index contributed by atoms with van der Waals surface area (Å²) in [4.78, 5) is 35.9. The van der Waals surface area contributed by atoms with Gasteiger partial charge in [-0.3, -0.25) is 18.6 Å². The van der Waals surface area contributed by atoms with Gasteiger partial charge in [-0.2, -0.15) is 0 Å². The van der Waals surface area contributed by atoms with E-state index in [0.717, 1.165) is 89.9 Å². The van der Waals surface area contributed by atoms with Gasteiger partial charge in [-0.25, -0.2) is 4.57 Å². The number of hydrogen-bond donors (Lipinski definition) is 6. The normalized spacial score (nSPS) is 21.6. The molecule has 0 bridgehead atoms. The van der Waals surface area contributed by atoms with Crippen molar-refractivity contribution in [3.63, 3.8) is 0 Å². The number of phosphoric ester groups is 1. The molecule has 0 amide bonds. The molecular formula is C53H93O13P. The van der Waals surface area contributed by atoms with E-state index in [-0.39, 0.29) is 12.8 Å². The third-order valence-corrected chi connectivity index (χ3v) is 12.8. The fraction of sp³-hybridized carbons (Fsp3) is 0.774. The maximum atomic E-state index is 12.9. The molecule has 14 heteroatoms. The lowest BCUT2D eigenvalue weighted by Crippen LogP contribution is -2.64. The highest BCUT2D eigenvalue weighted by Gasteiger charge is 2.51. The summed E-state index contributed by atoms with van der Waals surface area (Å²) in [5.74, 6) is -1.12. The molecule has 0 aliphatic heterocycles. The summed E-state index contributed by atoms with van der Waals surface area (Å²) in [5, 5.41) is 50.3. The molecule has 6 atom stereocenters. The molecule has 6 unspecified atom stereocenters. The average Bonchev–Trinajstić information content (AvgIpc) is 3.31. The van der Waals surface area contributed by atoms with E-state index in [2.05, 4.69) is 74.6 Å². The van der Waals surface area contributed by atoms with Crippen LogP contribution >= 0.6 is 7.82 Å². The fourth-order valence-electron chi connectivity index (χ4n) is 7.69. The standard InChI is InChI=1S/C53H93O13P/c1-3-5-7-9-11-13-15-17-19-21-23-25-27-29-31-33-35-37-39-41-46(54)63-43-45(44-64-67(61,62)66-53-51(59)49(57)48(56)50(58)52(53)60)65-47(55)42-40-38-36-34-32-30-28-26-24-22-20-18-16-14-12-10-8-6-4-2/h6,8,12,14,17-20,24,26,45,48-53,56-60H,3-5,7,9-11,13,15-16,21-23,25,27-44H2,1-2H3,(H,61,62)/b8-6-,14-12-,19-17-,20-18-,26-24-. The van der Waals surface area contributed by atoms with Gasteiger partial charge in [-0.05, 0) is 77.0 Å². The van der Waals surface area contributed by atoms with Crippen molar-refractivity contribution in [3.8, 4) is 0 Å². The molecule has 388 valence electrons. The average molecular weight is 969 g/mol. The molecule has 0 spiro atoms. The number of phosphoric acid groups is 1.